The van der Waals surface area contributed by atoms with Crippen LogP contribution in [0.2, 0.25) is 5.02 Å². The molecule has 2 rings (SSSR count). The first-order valence-electron chi connectivity index (χ1n) is 7.45. The largest absolute Gasteiger partial charge is 0.478 e. The van der Waals surface area contributed by atoms with E-state index in [1.807, 2.05) is 27.7 Å². The Morgan fingerprint density at radius 2 is 2.08 bits per heavy atom. The third-order valence-electron chi connectivity index (χ3n) is 3.50. The van der Waals surface area contributed by atoms with Crippen molar-refractivity contribution in [3.8, 4) is 0 Å². The zero-order valence-corrected chi connectivity index (χ0v) is 15.4. The summed E-state index contributed by atoms with van der Waals surface area (Å²) in [4.78, 5) is 33.2. The number of carboxylic acids is 1. The van der Waals surface area contributed by atoms with E-state index in [1.165, 1.54) is 17.5 Å². The first kappa shape index (κ1) is 18.4. The third kappa shape index (κ3) is 3.57. The molecule has 0 saturated heterocycles. The lowest BCUT2D eigenvalue weighted by Gasteiger charge is -2.09. The van der Waals surface area contributed by atoms with Gasteiger partial charge in [0.1, 0.15) is 10.8 Å². The van der Waals surface area contributed by atoms with Crippen LogP contribution < -0.4 is 5.32 Å². The minimum absolute atomic E-state index is 0.0378. The molecule has 0 aromatic carbocycles. The highest BCUT2D eigenvalue weighted by atomic mass is 35.5. The molecule has 24 heavy (non-hydrogen) atoms. The van der Waals surface area contributed by atoms with Gasteiger partial charge < -0.3 is 10.4 Å². The third-order valence-corrected chi connectivity index (χ3v) is 4.84. The van der Waals surface area contributed by atoms with Crippen molar-refractivity contribution in [3.63, 3.8) is 0 Å². The number of carboxylic acid groups (broad SMARTS) is 1. The molecule has 1 amide bonds. The summed E-state index contributed by atoms with van der Waals surface area (Å²) in [6, 6.07) is 0. The van der Waals surface area contributed by atoms with Crippen LogP contribution in [-0.4, -0.2) is 27.0 Å². The lowest BCUT2D eigenvalue weighted by Crippen LogP contribution is -2.17. The number of halogens is 1. The molecule has 128 valence electrons. The molecule has 0 aliphatic heterocycles. The summed E-state index contributed by atoms with van der Waals surface area (Å²) in [6.07, 6.45) is 1.96. The van der Waals surface area contributed by atoms with Crippen molar-refractivity contribution < 1.29 is 14.7 Å². The smallest absolute Gasteiger partial charge is 0.339 e. The summed E-state index contributed by atoms with van der Waals surface area (Å²) in [5, 5.41) is 12.5. The van der Waals surface area contributed by atoms with Gasteiger partial charge in [-0.25, -0.2) is 14.8 Å². The predicted octanol–water partition coefficient (Wildman–Crippen LogP) is 4.14. The number of carbonyl (C=O) groups excluding carboxylic acids is 1. The second-order valence-corrected chi connectivity index (χ2v) is 7.17. The van der Waals surface area contributed by atoms with Crippen LogP contribution in [0.4, 0.5) is 5.00 Å². The number of nitrogens with one attached hydrogen (secondary N) is 1. The van der Waals surface area contributed by atoms with Crippen LogP contribution in [-0.2, 0) is 6.42 Å². The topological polar surface area (TPSA) is 92.2 Å². The molecule has 0 atom stereocenters. The summed E-state index contributed by atoms with van der Waals surface area (Å²) in [7, 11) is 0. The van der Waals surface area contributed by atoms with Gasteiger partial charge in [0, 0.05) is 10.8 Å². The summed E-state index contributed by atoms with van der Waals surface area (Å²) < 4.78 is 0. The number of aryl methyl sites for hydroxylation is 1. The Kier molecular flexibility index (Phi) is 5.56. The van der Waals surface area contributed by atoms with Crippen LogP contribution in [0.5, 0.6) is 0 Å². The first-order chi connectivity index (χ1) is 11.3. The number of nitrogens with zero attached hydrogens (tertiary/aromatic N) is 2. The van der Waals surface area contributed by atoms with Crippen LogP contribution in [0.1, 0.15) is 63.8 Å². The van der Waals surface area contributed by atoms with Crippen molar-refractivity contribution in [2.24, 2.45) is 0 Å². The minimum atomic E-state index is -1.07. The van der Waals surface area contributed by atoms with Gasteiger partial charge in [-0.2, -0.15) is 0 Å². The second-order valence-electron chi connectivity index (χ2n) is 5.53. The monoisotopic (exact) mass is 367 g/mol. The maximum atomic E-state index is 12.5. The standard InChI is InChI=1S/C16H18ClN3O3S/c1-5-9-8(4)24-15(11(9)16(22)23)20-14(21)12-10(17)6-18-13(19-12)7(2)3/h6-7H,5H2,1-4H3,(H,20,21)(H,22,23). The number of thiophene rings is 1. The van der Waals surface area contributed by atoms with E-state index in [2.05, 4.69) is 15.3 Å². The highest BCUT2D eigenvalue weighted by molar-refractivity contribution is 7.16. The van der Waals surface area contributed by atoms with Gasteiger partial charge in [0.15, 0.2) is 5.69 Å². The molecular formula is C16H18ClN3O3S. The van der Waals surface area contributed by atoms with Gasteiger partial charge in [-0.1, -0.05) is 32.4 Å². The molecule has 2 aromatic heterocycles. The number of aromatic nitrogens is 2. The second kappa shape index (κ2) is 7.27. The molecule has 0 aliphatic carbocycles. The Labute approximate surface area is 148 Å². The lowest BCUT2D eigenvalue weighted by molar-refractivity contribution is 0.0697. The average molecular weight is 368 g/mol. The first-order valence-corrected chi connectivity index (χ1v) is 8.65. The number of carbonyl (C=O) groups is 2. The fourth-order valence-corrected chi connectivity index (χ4v) is 3.61. The zero-order chi connectivity index (χ0) is 18.0. The van der Waals surface area contributed by atoms with Crippen molar-refractivity contribution in [3.05, 3.63) is 38.7 Å². The van der Waals surface area contributed by atoms with E-state index in [1.54, 1.807) is 0 Å². The predicted molar refractivity (Wildman–Crippen MR) is 94.5 cm³/mol. The Morgan fingerprint density at radius 3 is 2.62 bits per heavy atom. The lowest BCUT2D eigenvalue weighted by atomic mass is 10.1. The van der Waals surface area contributed by atoms with Crippen molar-refractivity contribution >= 4 is 39.8 Å². The van der Waals surface area contributed by atoms with E-state index in [0.29, 0.717) is 17.2 Å². The van der Waals surface area contributed by atoms with Crippen LogP contribution in [0.25, 0.3) is 0 Å². The fraction of sp³-hybridized carbons (Fsp3) is 0.375. The van der Waals surface area contributed by atoms with Crippen LogP contribution in [0.3, 0.4) is 0 Å². The maximum absolute atomic E-state index is 12.5. The normalized spacial score (nSPS) is 10.9. The highest BCUT2D eigenvalue weighted by Gasteiger charge is 2.24. The molecule has 2 heterocycles. The maximum Gasteiger partial charge on any atom is 0.339 e. The van der Waals surface area contributed by atoms with E-state index in [0.717, 1.165) is 10.4 Å². The summed E-state index contributed by atoms with van der Waals surface area (Å²) in [5.74, 6) is -1.07. The molecule has 2 aromatic rings. The van der Waals surface area contributed by atoms with Crippen LogP contribution in [0.15, 0.2) is 6.20 Å². The van der Waals surface area contributed by atoms with Gasteiger partial charge in [-0.3, -0.25) is 4.79 Å². The van der Waals surface area contributed by atoms with Crippen LogP contribution >= 0.6 is 22.9 Å². The Hall–Kier alpha value is -1.99. The zero-order valence-electron chi connectivity index (χ0n) is 13.8. The quantitative estimate of drug-likeness (QED) is 0.828. The van der Waals surface area contributed by atoms with Crippen molar-refractivity contribution in [1.82, 2.24) is 9.97 Å². The number of hydrogen-bond acceptors (Lipinski definition) is 5. The summed E-state index contributed by atoms with van der Waals surface area (Å²) in [5.41, 5.74) is 0.887. The Morgan fingerprint density at radius 1 is 1.42 bits per heavy atom. The average Bonchev–Trinajstić information content (AvgIpc) is 2.82. The molecular weight excluding hydrogens is 350 g/mol. The molecule has 0 spiro atoms. The number of amides is 1. The number of hydrogen-bond donors (Lipinski definition) is 2. The molecule has 0 aliphatic rings. The van der Waals surface area contributed by atoms with E-state index < -0.39 is 11.9 Å². The molecule has 0 saturated carbocycles. The molecule has 0 fully saturated rings. The number of aromatic carboxylic acids is 1. The van der Waals surface area contributed by atoms with Crippen LogP contribution in [0, 0.1) is 6.92 Å². The van der Waals surface area contributed by atoms with Gasteiger partial charge in [0.05, 0.1) is 16.8 Å². The fourth-order valence-electron chi connectivity index (χ4n) is 2.30. The summed E-state index contributed by atoms with van der Waals surface area (Å²) >= 11 is 7.26. The van der Waals surface area contributed by atoms with Gasteiger partial charge >= 0.3 is 5.97 Å². The minimum Gasteiger partial charge on any atom is -0.478 e. The van der Waals surface area contributed by atoms with Gasteiger partial charge in [-0.05, 0) is 18.9 Å². The van der Waals surface area contributed by atoms with Crippen molar-refractivity contribution in [1.29, 1.82) is 0 Å². The van der Waals surface area contributed by atoms with E-state index in [4.69, 9.17) is 11.6 Å². The molecule has 0 bridgehead atoms. The number of rotatable bonds is 5. The SMILES string of the molecule is CCc1c(C)sc(NC(=O)c2nc(C(C)C)ncc2Cl)c1C(=O)O. The van der Waals surface area contributed by atoms with Gasteiger partial charge in [-0.15, -0.1) is 11.3 Å². The van der Waals surface area contributed by atoms with E-state index >= 15 is 0 Å². The number of anilines is 1. The highest BCUT2D eigenvalue weighted by Crippen LogP contribution is 2.34. The van der Waals surface area contributed by atoms with E-state index in [9.17, 15) is 14.7 Å². The van der Waals surface area contributed by atoms with Crippen molar-refractivity contribution in [2.45, 2.75) is 40.0 Å². The summed E-state index contributed by atoms with van der Waals surface area (Å²) in [6.45, 7) is 7.52. The molecule has 2 N–H and O–H groups in total. The van der Waals surface area contributed by atoms with Gasteiger partial charge in [0.2, 0.25) is 0 Å². The molecule has 6 nitrogen and oxygen atoms in total. The molecule has 0 unspecified atom stereocenters. The van der Waals surface area contributed by atoms with Crippen molar-refractivity contribution in [2.75, 3.05) is 5.32 Å². The van der Waals surface area contributed by atoms with E-state index in [-0.39, 0.29) is 22.2 Å². The molecule has 8 heteroatoms. The van der Waals surface area contributed by atoms with Gasteiger partial charge in [0.25, 0.3) is 5.91 Å². The molecule has 0 radical (unpaired) electrons. The Balaban J connectivity index is 2.41. The Bertz CT molecular complexity index is 802.